The zero-order valence-electron chi connectivity index (χ0n) is 34.3. The second kappa shape index (κ2) is 38.3. The third-order valence-electron chi connectivity index (χ3n) is 8.84. The summed E-state index contributed by atoms with van der Waals surface area (Å²) >= 11 is 0. The molecule has 0 saturated heterocycles. The number of allylic oxidation sites excluding steroid dienone is 8. The van der Waals surface area contributed by atoms with E-state index >= 15 is 0 Å². The Labute approximate surface area is 333 Å². The number of phosphoric acid groups is 1. The molecule has 0 rings (SSSR count). The topological polar surface area (TPSA) is 172 Å². The maximum absolute atomic E-state index is 12.6. The molecule has 11 nitrogen and oxygen atoms in total. The lowest BCUT2D eigenvalue weighted by Gasteiger charge is -2.20. The highest BCUT2D eigenvalue weighted by atomic mass is 31.2. The number of hydrogen-bond acceptors (Lipinski definition) is 9. The molecule has 0 aromatic rings. The molecule has 3 atom stereocenters. The van der Waals surface area contributed by atoms with Crippen LogP contribution in [0.1, 0.15) is 174 Å². The van der Waals surface area contributed by atoms with Crippen LogP contribution in [0.15, 0.2) is 48.6 Å². The van der Waals surface area contributed by atoms with E-state index in [1.807, 2.05) is 0 Å². The van der Waals surface area contributed by atoms with E-state index in [1.54, 1.807) is 0 Å². The minimum Gasteiger partial charge on any atom is -0.480 e. The highest BCUT2D eigenvalue weighted by Crippen LogP contribution is 2.43. The molecule has 0 fully saturated rings. The van der Waals surface area contributed by atoms with Crippen LogP contribution in [-0.4, -0.2) is 59.9 Å². The van der Waals surface area contributed by atoms with Gasteiger partial charge in [0.05, 0.1) is 13.2 Å². The summed E-state index contributed by atoms with van der Waals surface area (Å²) in [7, 11) is -4.72. The minimum absolute atomic E-state index is 0.145. The molecule has 0 aliphatic heterocycles. The Hall–Kier alpha value is -2.56. The molecule has 0 aliphatic rings. The molecule has 0 radical (unpaired) electrons. The Morgan fingerprint density at radius 3 is 1.53 bits per heavy atom. The maximum atomic E-state index is 12.6. The first-order valence-corrected chi connectivity index (χ1v) is 22.7. The second-order valence-electron chi connectivity index (χ2n) is 14.1. The van der Waals surface area contributed by atoms with Gasteiger partial charge in [0.25, 0.3) is 0 Å². The minimum atomic E-state index is -4.72. The first kappa shape index (κ1) is 52.4. The van der Waals surface area contributed by atoms with Gasteiger partial charge >= 0.3 is 25.7 Å². The standard InChI is InChI=1S/C43H76NO10P/c1-3-5-7-9-11-13-15-17-18-19-20-21-22-23-25-27-29-31-33-35-42(46)54-39(37-52-55(49,50)53-38-40(44)43(47)48)36-51-41(45)34-32-30-28-26-24-16-14-12-10-8-6-4-2/h5,7,11,13,17-18,20-21,39-40H,3-4,6,8-10,12,14-16,19,22-38,44H2,1-2H3,(H,47,48)(H,49,50)/b7-5-,13-11-,18-17-,21-20-. The van der Waals surface area contributed by atoms with Crippen molar-refractivity contribution in [3.63, 3.8) is 0 Å². The number of nitrogens with two attached hydrogens (primary N) is 1. The van der Waals surface area contributed by atoms with Gasteiger partial charge in [0.15, 0.2) is 6.10 Å². The number of phosphoric ester groups is 1. The Balaban J connectivity index is 4.39. The summed E-state index contributed by atoms with van der Waals surface area (Å²) in [5.74, 6) is -2.40. The van der Waals surface area contributed by atoms with Gasteiger partial charge in [-0.15, -0.1) is 0 Å². The SMILES string of the molecule is CC/C=C\C/C=C\C/C=C\C/C=C\CCCCCCCCC(=O)OC(COC(=O)CCCCCCCCCCCCCC)COP(=O)(O)OCC(N)C(=O)O. The molecule has 0 aromatic heterocycles. The van der Waals surface area contributed by atoms with E-state index in [1.165, 1.54) is 51.4 Å². The molecular weight excluding hydrogens is 721 g/mol. The van der Waals surface area contributed by atoms with Gasteiger partial charge in [0.2, 0.25) is 0 Å². The lowest BCUT2D eigenvalue weighted by atomic mass is 10.0. The molecule has 55 heavy (non-hydrogen) atoms. The van der Waals surface area contributed by atoms with Crippen molar-refractivity contribution in [2.24, 2.45) is 5.73 Å². The van der Waals surface area contributed by atoms with Gasteiger partial charge in [-0.2, -0.15) is 0 Å². The van der Waals surface area contributed by atoms with Crippen molar-refractivity contribution in [2.45, 2.75) is 187 Å². The molecule has 0 bridgehead atoms. The van der Waals surface area contributed by atoms with Gasteiger partial charge < -0.3 is 25.2 Å². The van der Waals surface area contributed by atoms with Crippen molar-refractivity contribution >= 4 is 25.7 Å². The van der Waals surface area contributed by atoms with Crippen LogP contribution in [0.25, 0.3) is 0 Å². The van der Waals surface area contributed by atoms with Crippen LogP contribution in [0.2, 0.25) is 0 Å². The molecule has 3 unspecified atom stereocenters. The number of carbonyl (C=O) groups excluding carboxylic acids is 2. The van der Waals surface area contributed by atoms with Crippen molar-refractivity contribution in [3.05, 3.63) is 48.6 Å². The van der Waals surface area contributed by atoms with E-state index in [0.717, 1.165) is 83.5 Å². The first-order chi connectivity index (χ1) is 26.6. The van der Waals surface area contributed by atoms with E-state index in [4.69, 9.17) is 24.8 Å². The van der Waals surface area contributed by atoms with E-state index < -0.39 is 51.1 Å². The van der Waals surface area contributed by atoms with Crippen molar-refractivity contribution in [1.29, 1.82) is 0 Å². The van der Waals surface area contributed by atoms with Crippen LogP contribution in [0.5, 0.6) is 0 Å². The quantitative estimate of drug-likeness (QED) is 0.0234. The number of hydrogen-bond donors (Lipinski definition) is 3. The van der Waals surface area contributed by atoms with Crippen LogP contribution < -0.4 is 5.73 Å². The van der Waals surface area contributed by atoms with Crippen LogP contribution in [0.4, 0.5) is 0 Å². The van der Waals surface area contributed by atoms with E-state index in [0.29, 0.717) is 12.8 Å². The van der Waals surface area contributed by atoms with Crippen molar-refractivity contribution in [2.75, 3.05) is 19.8 Å². The summed E-state index contributed by atoms with van der Waals surface area (Å²) in [6, 6.07) is -1.52. The highest BCUT2D eigenvalue weighted by Gasteiger charge is 2.28. The molecule has 0 saturated carbocycles. The molecular formula is C43H76NO10P. The Morgan fingerprint density at radius 2 is 1.02 bits per heavy atom. The predicted octanol–water partition coefficient (Wildman–Crippen LogP) is 11.0. The van der Waals surface area contributed by atoms with Gasteiger partial charge in [-0.3, -0.25) is 23.4 Å². The van der Waals surface area contributed by atoms with Gasteiger partial charge in [-0.05, 0) is 51.4 Å². The van der Waals surface area contributed by atoms with Gasteiger partial charge in [-0.1, -0.05) is 159 Å². The van der Waals surface area contributed by atoms with E-state index in [9.17, 15) is 23.8 Å². The summed E-state index contributed by atoms with van der Waals surface area (Å²) in [5.41, 5.74) is 5.33. The number of carbonyl (C=O) groups is 3. The van der Waals surface area contributed by atoms with Crippen LogP contribution in [0, 0.1) is 0 Å². The number of esters is 2. The van der Waals surface area contributed by atoms with Crippen LogP contribution in [0.3, 0.4) is 0 Å². The summed E-state index contributed by atoms with van der Waals surface area (Å²) in [4.78, 5) is 45.9. The summed E-state index contributed by atoms with van der Waals surface area (Å²) in [6.07, 6.45) is 41.7. The number of carboxylic acid groups (broad SMARTS) is 1. The Bertz CT molecular complexity index is 1120. The van der Waals surface area contributed by atoms with Gasteiger partial charge in [0.1, 0.15) is 12.6 Å². The number of aliphatic carboxylic acids is 1. The van der Waals surface area contributed by atoms with E-state index in [-0.39, 0.29) is 19.4 Å². The molecule has 0 heterocycles. The molecule has 0 amide bonds. The Morgan fingerprint density at radius 1 is 0.582 bits per heavy atom. The number of unbranched alkanes of at least 4 members (excludes halogenated alkanes) is 17. The lowest BCUT2D eigenvalue weighted by molar-refractivity contribution is -0.161. The maximum Gasteiger partial charge on any atom is 0.472 e. The Kier molecular flexibility index (Phi) is 36.5. The average molecular weight is 798 g/mol. The van der Waals surface area contributed by atoms with Crippen molar-refractivity contribution in [1.82, 2.24) is 0 Å². The smallest absolute Gasteiger partial charge is 0.472 e. The first-order valence-electron chi connectivity index (χ1n) is 21.2. The second-order valence-corrected chi connectivity index (χ2v) is 15.6. The highest BCUT2D eigenvalue weighted by molar-refractivity contribution is 7.47. The number of carboxylic acids is 1. The normalized spacial score (nSPS) is 14.3. The molecule has 0 aliphatic carbocycles. The third kappa shape index (κ3) is 38.1. The van der Waals surface area contributed by atoms with Crippen LogP contribution in [-0.2, 0) is 37.5 Å². The monoisotopic (exact) mass is 798 g/mol. The number of rotatable bonds is 39. The fourth-order valence-electron chi connectivity index (χ4n) is 5.53. The number of ether oxygens (including phenoxy) is 2. The van der Waals surface area contributed by atoms with Gasteiger partial charge in [0, 0.05) is 12.8 Å². The summed E-state index contributed by atoms with van der Waals surface area (Å²) in [6.45, 7) is 2.66. The molecule has 318 valence electrons. The zero-order valence-corrected chi connectivity index (χ0v) is 35.2. The predicted molar refractivity (Wildman–Crippen MR) is 222 cm³/mol. The molecule has 4 N–H and O–H groups in total. The fraction of sp³-hybridized carbons (Fsp3) is 0.744. The molecule has 12 heteroatoms. The van der Waals surface area contributed by atoms with Gasteiger partial charge in [-0.25, -0.2) is 4.57 Å². The fourth-order valence-corrected chi connectivity index (χ4v) is 6.30. The van der Waals surface area contributed by atoms with Crippen LogP contribution >= 0.6 is 7.82 Å². The average Bonchev–Trinajstić information content (AvgIpc) is 3.16. The third-order valence-corrected chi connectivity index (χ3v) is 9.79. The summed E-state index contributed by atoms with van der Waals surface area (Å²) < 4.78 is 32.6. The van der Waals surface area contributed by atoms with Crippen molar-refractivity contribution < 1.29 is 47.5 Å². The lowest BCUT2D eigenvalue weighted by Crippen LogP contribution is -2.34. The van der Waals surface area contributed by atoms with Crippen molar-refractivity contribution in [3.8, 4) is 0 Å². The summed E-state index contributed by atoms with van der Waals surface area (Å²) in [5, 5.41) is 8.88. The molecule has 0 spiro atoms. The largest absolute Gasteiger partial charge is 0.480 e. The zero-order chi connectivity index (χ0) is 40.7. The van der Waals surface area contributed by atoms with E-state index in [2.05, 4.69) is 67.0 Å². The molecule has 0 aromatic carbocycles.